The molecule has 2 fully saturated rings. The summed E-state index contributed by atoms with van der Waals surface area (Å²) in [4.78, 5) is 52.6. The molecular formula is C15H23N7O6S. The molecule has 2 aliphatic rings. The maximum Gasteiger partial charge on any atom is 0.328 e. The van der Waals surface area contributed by atoms with Gasteiger partial charge in [0.05, 0.1) is 18.1 Å². The third kappa shape index (κ3) is 5.99. The van der Waals surface area contributed by atoms with Crippen LogP contribution >= 0.6 is 0 Å². The minimum absolute atomic E-state index is 0.0290. The summed E-state index contributed by atoms with van der Waals surface area (Å²) < 4.78 is 22.8. The van der Waals surface area contributed by atoms with Crippen molar-refractivity contribution in [3.8, 4) is 0 Å². The molecule has 3 rings (SSSR count). The van der Waals surface area contributed by atoms with E-state index in [9.17, 15) is 27.6 Å². The van der Waals surface area contributed by atoms with Crippen molar-refractivity contribution in [2.24, 2.45) is 11.5 Å². The third-order valence-electron chi connectivity index (χ3n) is 4.37. The first-order valence-corrected chi connectivity index (χ1v) is 10.4. The van der Waals surface area contributed by atoms with E-state index in [2.05, 4.69) is 15.3 Å². The molecule has 4 amide bonds. The molecule has 0 spiro atoms. The van der Waals surface area contributed by atoms with Crippen LogP contribution in [0.15, 0.2) is 6.33 Å². The Morgan fingerprint density at radius 1 is 1.41 bits per heavy atom. The van der Waals surface area contributed by atoms with Gasteiger partial charge in [-0.25, -0.2) is 22.9 Å². The minimum atomic E-state index is -3.29. The van der Waals surface area contributed by atoms with Crippen molar-refractivity contribution in [2.45, 2.75) is 31.3 Å². The first kappa shape index (κ1) is 22.3. The Labute approximate surface area is 166 Å². The highest BCUT2D eigenvalue weighted by Gasteiger charge is 2.35. The number of urea groups is 1. The van der Waals surface area contributed by atoms with Crippen molar-refractivity contribution in [1.29, 1.82) is 0 Å². The number of sulfonamides is 1. The van der Waals surface area contributed by atoms with Gasteiger partial charge in [-0.1, -0.05) is 0 Å². The quantitative estimate of drug-likeness (QED) is 0.308. The van der Waals surface area contributed by atoms with E-state index >= 15 is 0 Å². The van der Waals surface area contributed by atoms with Gasteiger partial charge < -0.3 is 26.7 Å². The van der Waals surface area contributed by atoms with Gasteiger partial charge >= 0.3 is 6.03 Å². The first-order chi connectivity index (χ1) is 13.6. The van der Waals surface area contributed by atoms with Gasteiger partial charge in [0.25, 0.3) is 0 Å². The zero-order valence-electron chi connectivity index (χ0n) is 15.5. The van der Waals surface area contributed by atoms with Gasteiger partial charge in [0, 0.05) is 25.2 Å². The molecule has 0 saturated carbocycles. The van der Waals surface area contributed by atoms with Crippen LogP contribution in [0.2, 0.25) is 0 Å². The fourth-order valence-corrected chi connectivity index (χ4v) is 3.80. The highest BCUT2D eigenvalue weighted by molar-refractivity contribution is 7.90. The van der Waals surface area contributed by atoms with Crippen LogP contribution in [-0.4, -0.2) is 78.3 Å². The molecule has 0 aromatic carbocycles. The van der Waals surface area contributed by atoms with Crippen LogP contribution in [0.1, 0.15) is 29.0 Å². The van der Waals surface area contributed by atoms with Crippen LogP contribution in [0.3, 0.4) is 0 Å². The Hall–Kier alpha value is -3.00. The van der Waals surface area contributed by atoms with E-state index in [1.165, 1.54) is 11.2 Å². The number of carbonyl (C=O) groups is 4. The molecule has 3 heterocycles. The number of aromatic nitrogens is 2. The molecule has 2 atom stereocenters. The van der Waals surface area contributed by atoms with Crippen LogP contribution in [0.5, 0.6) is 0 Å². The molecule has 0 radical (unpaired) electrons. The van der Waals surface area contributed by atoms with Gasteiger partial charge in [-0.3, -0.25) is 14.4 Å². The summed E-state index contributed by atoms with van der Waals surface area (Å²) in [5, 5.41) is 2.31. The number of nitrogens with one attached hydrogen (secondary N) is 3. The Balaban J connectivity index is 0.000000278. The van der Waals surface area contributed by atoms with E-state index in [4.69, 9.17) is 11.5 Å². The highest BCUT2D eigenvalue weighted by Crippen LogP contribution is 2.18. The van der Waals surface area contributed by atoms with Gasteiger partial charge in [-0.15, -0.1) is 0 Å². The number of aromatic amines is 1. The second-order valence-corrected chi connectivity index (χ2v) is 8.31. The Bertz CT molecular complexity index is 883. The summed E-state index contributed by atoms with van der Waals surface area (Å²) in [5.41, 5.74) is 11.9. The molecule has 0 bridgehead atoms. The summed E-state index contributed by atoms with van der Waals surface area (Å²) in [6, 6.07) is -2.06. The van der Waals surface area contributed by atoms with Gasteiger partial charge in [-0.2, -0.15) is 0 Å². The van der Waals surface area contributed by atoms with Gasteiger partial charge in [0.15, 0.2) is 6.29 Å². The van der Waals surface area contributed by atoms with Crippen LogP contribution in [-0.2, 0) is 26.0 Å². The van der Waals surface area contributed by atoms with Crippen LogP contribution in [0.25, 0.3) is 0 Å². The summed E-state index contributed by atoms with van der Waals surface area (Å²) in [5.74, 6) is -0.880. The number of imidazole rings is 1. The molecule has 7 N–H and O–H groups in total. The van der Waals surface area contributed by atoms with Crippen LogP contribution < -0.4 is 21.5 Å². The maximum atomic E-state index is 12.3. The molecule has 29 heavy (non-hydrogen) atoms. The molecule has 2 aliphatic heterocycles. The summed E-state index contributed by atoms with van der Waals surface area (Å²) >= 11 is 0. The average molecular weight is 429 g/mol. The molecule has 14 heteroatoms. The third-order valence-corrected chi connectivity index (χ3v) is 5.61. The van der Waals surface area contributed by atoms with Crippen LogP contribution in [0.4, 0.5) is 4.79 Å². The molecule has 2 saturated heterocycles. The number of nitrogens with zero attached hydrogens (tertiary/aromatic N) is 2. The van der Waals surface area contributed by atoms with Crippen molar-refractivity contribution >= 4 is 34.2 Å². The normalized spacial score (nSPS) is 21.2. The number of carbonyl (C=O) groups excluding carboxylic acids is 4. The zero-order valence-corrected chi connectivity index (χ0v) is 16.3. The fraction of sp³-hybridized carbons (Fsp3) is 0.533. The molecule has 1 aromatic rings. The Kier molecular flexibility index (Phi) is 7.28. The van der Waals surface area contributed by atoms with Crippen molar-refractivity contribution in [2.75, 3.05) is 18.8 Å². The summed E-state index contributed by atoms with van der Waals surface area (Å²) in [6.07, 6.45) is 3.44. The topological polar surface area (TPSA) is 210 Å². The lowest BCUT2D eigenvalue weighted by atomic mass is 10.1. The summed E-state index contributed by atoms with van der Waals surface area (Å²) in [6.45, 7) is 0.678. The van der Waals surface area contributed by atoms with E-state index in [0.717, 1.165) is 6.42 Å². The van der Waals surface area contributed by atoms with E-state index in [1.807, 2.05) is 0 Å². The fourth-order valence-electron chi connectivity index (χ4n) is 2.97. The number of hydrogen-bond donors (Lipinski definition) is 5. The lowest BCUT2D eigenvalue weighted by Crippen LogP contribution is -2.50. The predicted octanol–water partition coefficient (Wildman–Crippen LogP) is -2.80. The minimum Gasteiger partial charge on any atom is -0.368 e. The lowest BCUT2D eigenvalue weighted by Gasteiger charge is -2.25. The Morgan fingerprint density at radius 2 is 2.14 bits per heavy atom. The molecule has 13 nitrogen and oxygen atoms in total. The zero-order chi connectivity index (χ0) is 21.6. The van der Waals surface area contributed by atoms with Crippen molar-refractivity contribution in [3.05, 3.63) is 17.7 Å². The van der Waals surface area contributed by atoms with Gasteiger partial charge in [-0.05, 0) is 12.8 Å². The largest absolute Gasteiger partial charge is 0.368 e. The number of aldehydes is 1. The molecule has 1 aromatic heterocycles. The number of H-pyrrole nitrogens is 1. The van der Waals surface area contributed by atoms with Crippen molar-refractivity contribution < 1.29 is 27.6 Å². The monoisotopic (exact) mass is 429 g/mol. The SMILES string of the molecule is NC(=O)[C@@H]1CCCN1C(=O)[C@@H](N)Cc1[nH]cnc1C=O.O=C1NCCS(=O)(=O)N1. The van der Waals surface area contributed by atoms with E-state index in [-0.39, 0.29) is 30.3 Å². The van der Waals surface area contributed by atoms with Crippen molar-refractivity contribution in [3.63, 3.8) is 0 Å². The molecule has 0 unspecified atom stereocenters. The van der Waals surface area contributed by atoms with E-state index in [0.29, 0.717) is 24.9 Å². The number of amides is 4. The number of nitrogens with two attached hydrogens (primary N) is 2. The average Bonchev–Trinajstić information content (AvgIpc) is 3.29. The van der Waals surface area contributed by atoms with Crippen LogP contribution in [0, 0.1) is 0 Å². The number of likely N-dealkylation sites (tertiary alicyclic amines) is 1. The second-order valence-electron chi connectivity index (χ2n) is 6.46. The maximum absolute atomic E-state index is 12.3. The number of rotatable bonds is 5. The Morgan fingerprint density at radius 3 is 2.69 bits per heavy atom. The predicted molar refractivity (Wildman–Crippen MR) is 99.9 cm³/mol. The first-order valence-electron chi connectivity index (χ1n) is 8.75. The molecular weight excluding hydrogens is 406 g/mol. The standard InChI is InChI=1S/C12H17N5O3.C3H6N2O3S/c13-7(4-8-9(5-18)16-6-15-8)12(20)17-3-1-2-10(17)11(14)19;6-3-4-1-2-9(7,8)5-3/h5-7,10H,1-4,13H2,(H2,14,19)(H,15,16);1-2H2,(H2,4,5,6)/t7-,10-;/m0./s1. The lowest BCUT2D eigenvalue weighted by molar-refractivity contribution is -0.138. The highest BCUT2D eigenvalue weighted by atomic mass is 32.2. The second kappa shape index (κ2) is 9.47. The number of primary amides is 1. The summed E-state index contributed by atoms with van der Waals surface area (Å²) in [7, 11) is -3.29. The van der Waals surface area contributed by atoms with Gasteiger partial charge in [0.2, 0.25) is 21.8 Å². The number of hydrogen-bond acceptors (Lipinski definition) is 8. The van der Waals surface area contributed by atoms with E-state index < -0.39 is 34.0 Å². The van der Waals surface area contributed by atoms with Gasteiger partial charge in [0.1, 0.15) is 11.7 Å². The van der Waals surface area contributed by atoms with Crippen molar-refractivity contribution in [1.82, 2.24) is 24.9 Å². The van der Waals surface area contributed by atoms with E-state index in [1.54, 1.807) is 4.72 Å². The molecule has 160 valence electrons. The molecule has 0 aliphatic carbocycles. The smallest absolute Gasteiger partial charge is 0.328 e.